The number of aliphatic imine (C=N–C) groups is 1. The van der Waals surface area contributed by atoms with E-state index in [9.17, 15) is 5.11 Å². The van der Waals surface area contributed by atoms with Gasteiger partial charge in [0.1, 0.15) is 0 Å². The first-order valence-electron chi connectivity index (χ1n) is 5.81. The molecule has 14 heavy (non-hydrogen) atoms. The van der Waals surface area contributed by atoms with Crippen LogP contribution in [0.3, 0.4) is 0 Å². The summed E-state index contributed by atoms with van der Waals surface area (Å²) >= 11 is 0. The largest absolute Gasteiger partial charge is 0.391 e. The Bertz CT molecular complexity index is 211. The van der Waals surface area contributed by atoms with Gasteiger partial charge in [0, 0.05) is 19.5 Å². The summed E-state index contributed by atoms with van der Waals surface area (Å²) in [6.07, 6.45) is 7.07. The lowest BCUT2D eigenvalue weighted by Crippen LogP contribution is -2.33. The molecule has 80 valence electrons. The smallest absolute Gasteiger partial charge is 0.0963 e. The van der Waals surface area contributed by atoms with E-state index < -0.39 is 0 Å². The van der Waals surface area contributed by atoms with Crippen LogP contribution in [-0.2, 0) is 0 Å². The molecule has 2 aliphatic rings. The molecule has 0 aromatic rings. The molecule has 3 nitrogen and oxygen atoms in total. The van der Waals surface area contributed by atoms with Crippen LogP contribution >= 0.6 is 0 Å². The molecule has 2 rings (SSSR count). The standard InChI is InChI=1S/C11H20N2O/c14-10(9-5-6-9)8-13-11-4-2-1-3-7-12-11/h9-10,14H,1-8H2,(H,12,13). The van der Waals surface area contributed by atoms with Crippen LogP contribution in [0.1, 0.15) is 38.5 Å². The van der Waals surface area contributed by atoms with E-state index in [1.54, 1.807) is 0 Å². The highest BCUT2D eigenvalue weighted by Gasteiger charge is 2.29. The fourth-order valence-electron chi connectivity index (χ4n) is 1.89. The van der Waals surface area contributed by atoms with Crippen molar-refractivity contribution in [2.45, 2.75) is 44.6 Å². The second kappa shape index (κ2) is 4.78. The Morgan fingerprint density at radius 2 is 2.21 bits per heavy atom. The van der Waals surface area contributed by atoms with E-state index in [2.05, 4.69) is 10.3 Å². The van der Waals surface area contributed by atoms with Crippen molar-refractivity contribution in [2.75, 3.05) is 13.1 Å². The van der Waals surface area contributed by atoms with Gasteiger partial charge in [0.05, 0.1) is 11.9 Å². The highest BCUT2D eigenvalue weighted by Crippen LogP contribution is 2.32. The molecule has 1 unspecified atom stereocenters. The van der Waals surface area contributed by atoms with Crippen LogP contribution in [0.25, 0.3) is 0 Å². The van der Waals surface area contributed by atoms with Crippen LogP contribution in [-0.4, -0.2) is 30.1 Å². The minimum atomic E-state index is -0.152. The first-order valence-corrected chi connectivity index (χ1v) is 5.81. The fourth-order valence-corrected chi connectivity index (χ4v) is 1.89. The third kappa shape index (κ3) is 2.98. The molecule has 1 heterocycles. The van der Waals surface area contributed by atoms with Crippen molar-refractivity contribution in [1.82, 2.24) is 5.32 Å². The molecular weight excluding hydrogens is 176 g/mol. The minimum Gasteiger partial charge on any atom is -0.391 e. The van der Waals surface area contributed by atoms with Gasteiger partial charge in [-0.25, -0.2) is 0 Å². The summed E-state index contributed by atoms with van der Waals surface area (Å²) in [4.78, 5) is 4.47. The van der Waals surface area contributed by atoms with Gasteiger partial charge in [-0.3, -0.25) is 4.99 Å². The molecule has 0 amide bonds. The molecule has 1 atom stereocenters. The highest BCUT2D eigenvalue weighted by molar-refractivity contribution is 5.82. The van der Waals surface area contributed by atoms with E-state index in [0.29, 0.717) is 12.5 Å². The van der Waals surface area contributed by atoms with Gasteiger partial charge < -0.3 is 10.4 Å². The molecule has 0 radical (unpaired) electrons. The molecule has 0 bridgehead atoms. The van der Waals surface area contributed by atoms with Gasteiger partial charge in [0.2, 0.25) is 0 Å². The van der Waals surface area contributed by atoms with Gasteiger partial charge in [0.15, 0.2) is 0 Å². The van der Waals surface area contributed by atoms with Crippen LogP contribution in [0, 0.1) is 5.92 Å². The van der Waals surface area contributed by atoms with Crippen LogP contribution in [0.15, 0.2) is 4.99 Å². The van der Waals surface area contributed by atoms with Crippen LogP contribution in [0.5, 0.6) is 0 Å². The number of aliphatic hydroxyl groups excluding tert-OH is 1. The predicted octanol–water partition coefficient (Wildman–Crippen LogP) is 1.32. The van der Waals surface area contributed by atoms with Crippen molar-refractivity contribution in [3.63, 3.8) is 0 Å². The summed E-state index contributed by atoms with van der Waals surface area (Å²) in [5, 5.41) is 13.0. The van der Waals surface area contributed by atoms with Crippen molar-refractivity contribution < 1.29 is 5.11 Å². The molecule has 2 N–H and O–H groups in total. The molecule has 0 saturated heterocycles. The van der Waals surface area contributed by atoms with Crippen molar-refractivity contribution in [2.24, 2.45) is 10.9 Å². The number of aliphatic hydroxyl groups is 1. The van der Waals surface area contributed by atoms with Gasteiger partial charge >= 0.3 is 0 Å². The van der Waals surface area contributed by atoms with Crippen molar-refractivity contribution in [3.05, 3.63) is 0 Å². The van der Waals surface area contributed by atoms with E-state index in [4.69, 9.17) is 0 Å². The second-order valence-electron chi connectivity index (χ2n) is 4.42. The third-order valence-corrected chi connectivity index (χ3v) is 3.06. The number of hydrogen-bond donors (Lipinski definition) is 2. The van der Waals surface area contributed by atoms with Gasteiger partial charge in [-0.15, -0.1) is 0 Å². The van der Waals surface area contributed by atoms with Crippen LogP contribution in [0.2, 0.25) is 0 Å². The van der Waals surface area contributed by atoms with Gasteiger partial charge in [-0.2, -0.15) is 0 Å². The van der Waals surface area contributed by atoms with E-state index in [1.807, 2.05) is 0 Å². The minimum absolute atomic E-state index is 0.152. The SMILES string of the molecule is OC(CNC1=NCCCCC1)C1CC1. The van der Waals surface area contributed by atoms with Crippen molar-refractivity contribution >= 4 is 5.84 Å². The molecule has 0 spiro atoms. The second-order valence-corrected chi connectivity index (χ2v) is 4.42. The van der Waals surface area contributed by atoms with E-state index >= 15 is 0 Å². The lowest BCUT2D eigenvalue weighted by atomic mass is 10.2. The van der Waals surface area contributed by atoms with E-state index in [-0.39, 0.29) is 6.10 Å². The van der Waals surface area contributed by atoms with Gasteiger partial charge in [-0.1, -0.05) is 6.42 Å². The predicted molar refractivity (Wildman–Crippen MR) is 57.5 cm³/mol. The molecule has 1 fully saturated rings. The first kappa shape index (κ1) is 9.97. The Morgan fingerprint density at radius 3 is 3.00 bits per heavy atom. The third-order valence-electron chi connectivity index (χ3n) is 3.06. The molecule has 1 saturated carbocycles. The summed E-state index contributed by atoms with van der Waals surface area (Å²) in [6.45, 7) is 1.66. The molecule has 1 aliphatic heterocycles. The maximum Gasteiger partial charge on any atom is 0.0963 e. The number of rotatable bonds is 3. The maximum atomic E-state index is 9.67. The average Bonchev–Trinajstić information content (AvgIpc) is 3.01. The quantitative estimate of drug-likeness (QED) is 0.715. The molecule has 3 heteroatoms. The Balaban J connectivity index is 1.69. The molecule has 0 aromatic heterocycles. The maximum absolute atomic E-state index is 9.67. The Labute approximate surface area is 85.6 Å². The fraction of sp³-hybridized carbons (Fsp3) is 0.909. The van der Waals surface area contributed by atoms with Crippen molar-refractivity contribution in [1.29, 1.82) is 0 Å². The topological polar surface area (TPSA) is 44.6 Å². The monoisotopic (exact) mass is 196 g/mol. The number of nitrogens with one attached hydrogen (secondary N) is 1. The highest BCUT2D eigenvalue weighted by atomic mass is 16.3. The lowest BCUT2D eigenvalue weighted by molar-refractivity contribution is 0.154. The normalized spacial score (nSPS) is 25.1. The zero-order chi connectivity index (χ0) is 9.80. The van der Waals surface area contributed by atoms with Crippen LogP contribution in [0.4, 0.5) is 0 Å². The number of amidine groups is 1. The summed E-state index contributed by atoms with van der Waals surface area (Å²) < 4.78 is 0. The Kier molecular flexibility index (Phi) is 3.40. The number of hydrogen-bond acceptors (Lipinski definition) is 3. The lowest BCUT2D eigenvalue weighted by Gasteiger charge is -2.12. The zero-order valence-electron chi connectivity index (χ0n) is 8.71. The van der Waals surface area contributed by atoms with E-state index in [0.717, 1.165) is 18.8 Å². The molecule has 0 aromatic carbocycles. The Morgan fingerprint density at radius 1 is 1.36 bits per heavy atom. The summed E-state index contributed by atoms with van der Waals surface area (Å²) in [7, 11) is 0. The molecular formula is C11H20N2O. The summed E-state index contributed by atoms with van der Waals surface area (Å²) in [5.41, 5.74) is 0. The molecule has 1 aliphatic carbocycles. The van der Waals surface area contributed by atoms with Gasteiger partial charge in [0.25, 0.3) is 0 Å². The summed E-state index contributed by atoms with van der Waals surface area (Å²) in [5.74, 6) is 1.68. The van der Waals surface area contributed by atoms with Crippen LogP contribution < -0.4 is 5.32 Å². The first-order chi connectivity index (χ1) is 6.86. The zero-order valence-corrected chi connectivity index (χ0v) is 8.71. The summed E-state index contributed by atoms with van der Waals surface area (Å²) in [6, 6.07) is 0. The Hall–Kier alpha value is -0.570. The number of nitrogens with zero attached hydrogens (tertiary/aromatic N) is 1. The average molecular weight is 196 g/mol. The van der Waals surface area contributed by atoms with Crippen molar-refractivity contribution in [3.8, 4) is 0 Å². The van der Waals surface area contributed by atoms with E-state index in [1.165, 1.54) is 32.1 Å². The van der Waals surface area contributed by atoms with Gasteiger partial charge in [-0.05, 0) is 31.6 Å².